The quantitative estimate of drug-likeness (QED) is 0.522. The zero-order valence-corrected chi connectivity index (χ0v) is 20.5. The first-order valence-corrected chi connectivity index (χ1v) is 12.2. The number of benzene rings is 1. The summed E-state index contributed by atoms with van der Waals surface area (Å²) in [4.78, 5) is 41.9. The fourth-order valence-electron chi connectivity index (χ4n) is 4.76. The van der Waals surface area contributed by atoms with E-state index in [0.717, 1.165) is 0 Å². The van der Waals surface area contributed by atoms with E-state index in [2.05, 4.69) is 11.4 Å². The smallest absolute Gasteiger partial charge is 0.243 e. The number of rotatable bonds is 8. The Hall–Kier alpha value is -3.13. The van der Waals surface area contributed by atoms with Crippen molar-refractivity contribution in [3.05, 3.63) is 35.1 Å². The molecule has 2 aliphatic heterocycles. The summed E-state index contributed by atoms with van der Waals surface area (Å²) in [6.45, 7) is 4.35. The summed E-state index contributed by atoms with van der Waals surface area (Å²) in [5.41, 5.74) is 5.80. The average molecular weight is 508 g/mol. The SMILES string of the molecule is CC(C)C(N)C(=O)N1CCCC1C(=O)N[C@@H](CC(=O)N1CCCC1C#N)Cc1cc(F)c(F)cc1F. The molecule has 3 unspecified atom stereocenters. The Kier molecular flexibility index (Phi) is 8.95. The Morgan fingerprint density at radius 2 is 1.72 bits per heavy atom. The van der Waals surface area contributed by atoms with Gasteiger partial charge in [-0.2, -0.15) is 5.26 Å². The van der Waals surface area contributed by atoms with Gasteiger partial charge in [-0.25, -0.2) is 13.2 Å². The third-order valence-electron chi connectivity index (χ3n) is 6.89. The van der Waals surface area contributed by atoms with Gasteiger partial charge in [-0.05, 0) is 49.7 Å². The minimum Gasteiger partial charge on any atom is -0.351 e. The molecule has 3 amide bonds. The van der Waals surface area contributed by atoms with Gasteiger partial charge in [0.15, 0.2) is 11.6 Å². The molecule has 2 aliphatic rings. The van der Waals surface area contributed by atoms with Crippen LogP contribution in [0.15, 0.2) is 12.1 Å². The second kappa shape index (κ2) is 11.7. The Bertz CT molecular complexity index is 1040. The van der Waals surface area contributed by atoms with Crippen molar-refractivity contribution >= 4 is 17.7 Å². The summed E-state index contributed by atoms with van der Waals surface area (Å²) in [6, 6.07) is 0.0521. The van der Waals surface area contributed by atoms with Gasteiger partial charge < -0.3 is 20.9 Å². The van der Waals surface area contributed by atoms with E-state index in [1.54, 1.807) is 13.8 Å². The largest absolute Gasteiger partial charge is 0.351 e. The minimum absolute atomic E-state index is 0.128. The van der Waals surface area contributed by atoms with Gasteiger partial charge >= 0.3 is 0 Å². The zero-order valence-electron chi connectivity index (χ0n) is 20.5. The van der Waals surface area contributed by atoms with Gasteiger partial charge in [0, 0.05) is 31.6 Å². The zero-order chi connectivity index (χ0) is 26.6. The molecule has 0 aliphatic carbocycles. The van der Waals surface area contributed by atoms with E-state index < -0.39 is 53.4 Å². The van der Waals surface area contributed by atoms with Crippen molar-refractivity contribution in [1.29, 1.82) is 5.26 Å². The van der Waals surface area contributed by atoms with Crippen LogP contribution < -0.4 is 11.1 Å². The van der Waals surface area contributed by atoms with Crippen LogP contribution in [0.3, 0.4) is 0 Å². The van der Waals surface area contributed by atoms with E-state index in [1.165, 1.54) is 9.80 Å². The van der Waals surface area contributed by atoms with Crippen LogP contribution in [-0.4, -0.2) is 64.8 Å². The van der Waals surface area contributed by atoms with Crippen molar-refractivity contribution < 1.29 is 27.6 Å². The van der Waals surface area contributed by atoms with Crippen LogP contribution in [-0.2, 0) is 20.8 Å². The fourth-order valence-corrected chi connectivity index (χ4v) is 4.76. The average Bonchev–Trinajstić information content (AvgIpc) is 3.51. The first-order chi connectivity index (χ1) is 17.0. The Morgan fingerprint density at radius 1 is 1.08 bits per heavy atom. The Labute approximate surface area is 208 Å². The van der Waals surface area contributed by atoms with E-state index in [-0.39, 0.29) is 30.2 Å². The lowest BCUT2D eigenvalue weighted by molar-refractivity contribution is -0.140. The van der Waals surface area contributed by atoms with E-state index in [1.807, 2.05) is 0 Å². The highest BCUT2D eigenvalue weighted by Crippen LogP contribution is 2.23. The molecule has 2 fully saturated rings. The van der Waals surface area contributed by atoms with Crippen molar-refractivity contribution in [3.63, 3.8) is 0 Å². The van der Waals surface area contributed by atoms with E-state index in [4.69, 9.17) is 5.73 Å². The molecule has 11 heteroatoms. The molecular weight excluding hydrogens is 475 g/mol. The third kappa shape index (κ3) is 6.16. The van der Waals surface area contributed by atoms with Gasteiger partial charge in [0.1, 0.15) is 17.9 Å². The highest BCUT2D eigenvalue weighted by Gasteiger charge is 2.38. The maximum atomic E-state index is 14.4. The van der Waals surface area contributed by atoms with Crippen molar-refractivity contribution in [2.24, 2.45) is 11.7 Å². The molecule has 2 heterocycles. The van der Waals surface area contributed by atoms with Crippen LogP contribution in [0.5, 0.6) is 0 Å². The predicted octanol–water partition coefficient (Wildman–Crippen LogP) is 2.01. The number of carbonyl (C=O) groups excluding carboxylic acids is 3. The molecule has 3 N–H and O–H groups in total. The van der Waals surface area contributed by atoms with Gasteiger partial charge in [0.25, 0.3) is 0 Å². The number of hydrogen-bond acceptors (Lipinski definition) is 5. The van der Waals surface area contributed by atoms with Crippen LogP contribution in [0.25, 0.3) is 0 Å². The number of halogens is 3. The number of nitrogens with two attached hydrogens (primary N) is 1. The van der Waals surface area contributed by atoms with Gasteiger partial charge in [0.05, 0.1) is 12.1 Å². The lowest BCUT2D eigenvalue weighted by Crippen LogP contribution is -2.54. The van der Waals surface area contributed by atoms with E-state index in [0.29, 0.717) is 50.9 Å². The van der Waals surface area contributed by atoms with Crippen molar-refractivity contribution in [2.75, 3.05) is 13.1 Å². The molecule has 1 aromatic carbocycles. The van der Waals surface area contributed by atoms with Crippen LogP contribution in [0.1, 0.15) is 51.5 Å². The number of nitrogens with zero attached hydrogens (tertiary/aromatic N) is 3. The number of hydrogen-bond donors (Lipinski definition) is 2. The topological polar surface area (TPSA) is 120 Å². The summed E-state index contributed by atoms with van der Waals surface area (Å²) >= 11 is 0. The minimum atomic E-state index is -1.34. The molecule has 0 radical (unpaired) electrons. The third-order valence-corrected chi connectivity index (χ3v) is 6.89. The molecule has 1 aromatic rings. The van der Waals surface area contributed by atoms with Crippen LogP contribution in [0.4, 0.5) is 13.2 Å². The van der Waals surface area contributed by atoms with Crippen molar-refractivity contribution in [3.8, 4) is 6.07 Å². The van der Waals surface area contributed by atoms with Crippen molar-refractivity contribution in [2.45, 2.75) is 76.5 Å². The maximum absolute atomic E-state index is 14.4. The summed E-state index contributed by atoms with van der Waals surface area (Å²) in [5, 5.41) is 12.0. The van der Waals surface area contributed by atoms with Gasteiger partial charge in [-0.15, -0.1) is 0 Å². The summed E-state index contributed by atoms with van der Waals surface area (Å²) in [7, 11) is 0. The number of nitrogens with one attached hydrogen (secondary N) is 1. The van der Waals surface area contributed by atoms with Crippen molar-refractivity contribution in [1.82, 2.24) is 15.1 Å². The molecule has 36 heavy (non-hydrogen) atoms. The first kappa shape index (κ1) is 27.5. The summed E-state index contributed by atoms with van der Waals surface area (Å²) < 4.78 is 41.6. The molecule has 0 saturated carbocycles. The van der Waals surface area contributed by atoms with Gasteiger partial charge in [0.2, 0.25) is 17.7 Å². The predicted molar refractivity (Wildman–Crippen MR) is 124 cm³/mol. The molecule has 196 valence electrons. The standard InChI is InChI=1S/C25H32F3N5O3/c1-14(2)23(30)25(36)33-8-4-6-21(33)24(35)31-16(9-15-10-19(27)20(28)12-18(15)26)11-22(34)32-7-3-5-17(32)13-29/h10,12,14,16-17,21,23H,3-9,11,30H2,1-2H3,(H,31,35)/t16-,17?,21?,23?/m1/s1. The van der Waals surface area contributed by atoms with E-state index >= 15 is 0 Å². The molecule has 3 rings (SSSR count). The first-order valence-electron chi connectivity index (χ1n) is 12.2. The van der Waals surface area contributed by atoms with Crippen LogP contribution >= 0.6 is 0 Å². The van der Waals surface area contributed by atoms with Gasteiger partial charge in [-0.3, -0.25) is 14.4 Å². The van der Waals surface area contributed by atoms with Crippen LogP contribution in [0.2, 0.25) is 0 Å². The molecular formula is C25H32F3N5O3. The van der Waals surface area contributed by atoms with Crippen LogP contribution in [0, 0.1) is 34.7 Å². The summed E-state index contributed by atoms with van der Waals surface area (Å²) in [5.74, 6) is -5.01. The number of carbonyl (C=O) groups is 3. The second-order valence-corrected chi connectivity index (χ2v) is 9.81. The lowest BCUT2D eigenvalue weighted by atomic mass is 10.0. The fraction of sp³-hybridized carbons (Fsp3) is 0.600. The van der Waals surface area contributed by atoms with E-state index in [9.17, 15) is 32.8 Å². The Balaban J connectivity index is 1.80. The number of likely N-dealkylation sites (tertiary alicyclic amines) is 2. The lowest BCUT2D eigenvalue weighted by Gasteiger charge is -2.30. The molecule has 0 spiro atoms. The highest BCUT2D eigenvalue weighted by atomic mass is 19.2. The molecule has 4 atom stereocenters. The summed E-state index contributed by atoms with van der Waals surface area (Å²) in [6.07, 6.45) is 1.63. The normalized spacial score (nSPS) is 21.4. The van der Waals surface area contributed by atoms with Gasteiger partial charge in [-0.1, -0.05) is 13.8 Å². The number of nitriles is 1. The maximum Gasteiger partial charge on any atom is 0.243 e. The molecule has 8 nitrogen and oxygen atoms in total. The second-order valence-electron chi connectivity index (χ2n) is 9.81. The molecule has 0 bridgehead atoms. The Morgan fingerprint density at radius 3 is 2.39 bits per heavy atom. The molecule has 2 saturated heterocycles. The number of amides is 3. The highest BCUT2D eigenvalue weighted by molar-refractivity contribution is 5.91. The molecule has 0 aromatic heterocycles. The monoisotopic (exact) mass is 507 g/mol.